The van der Waals surface area contributed by atoms with Gasteiger partial charge >= 0.3 is 20.3 Å². The Hall–Kier alpha value is -4.43. The summed E-state index contributed by atoms with van der Waals surface area (Å²) in [6, 6.07) is 8.64. The summed E-state index contributed by atoms with van der Waals surface area (Å²) in [5.74, 6) is -2.53. The molecule has 2 aromatic rings. The monoisotopic (exact) mass is 778 g/mol. The van der Waals surface area contributed by atoms with Crippen LogP contribution in [-0.4, -0.2) is 198 Å². The van der Waals surface area contributed by atoms with Crippen molar-refractivity contribution in [2.75, 3.05) is 111 Å². The van der Waals surface area contributed by atoms with E-state index >= 15 is 0 Å². The minimum absolute atomic E-state index is 0.0187. The predicted molar refractivity (Wildman–Crippen MR) is 194 cm³/mol. The Bertz CT molecular complexity index is 1650. The van der Waals surface area contributed by atoms with Crippen LogP contribution in [0.15, 0.2) is 30.5 Å². The fourth-order valence-corrected chi connectivity index (χ4v) is 6.98. The van der Waals surface area contributed by atoms with Gasteiger partial charge in [-0.2, -0.15) is 5.26 Å². The van der Waals surface area contributed by atoms with E-state index in [4.69, 9.17) is 4.74 Å². The summed E-state index contributed by atoms with van der Waals surface area (Å²) in [5.41, 5.74) is 0.987. The number of nitrogens with zero attached hydrogens (tertiary/aromatic N) is 8. The topological polar surface area (TPSA) is 209 Å². The Morgan fingerprint density at radius 1 is 0.836 bits per heavy atom. The zero-order valence-corrected chi connectivity index (χ0v) is 32.1. The molecule has 0 saturated carbocycles. The third-order valence-corrected chi connectivity index (χ3v) is 9.95. The number of pyridine rings is 1. The van der Waals surface area contributed by atoms with E-state index in [0.717, 1.165) is 36.1 Å². The van der Waals surface area contributed by atoms with E-state index < -0.39 is 23.9 Å². The first-order valence-corrected chi connectivity index (χ1v) is 18.8. The van der Waals surface area contributed by atoms with Crippen LogP contribution in [0.5, 0.6) is 5.75 Å². The van der Waals surface area contributed by atoms with E-state index in [2.05, 4.69) is 21.3 Å². The maximum absolute atomic E-state index is 13.2. The standard InChI is InChI=1S/C36H49N9O8.Al.FH/c37-22-27-3-1-9-45(27)32(46)23-39-36(52)29-6-7-38-31-5-4-28(21-30(29)31)53-20-2-8-40-16-18-44(19-17-40)33(47)24-41-10-12-42(25-34(48)49)14-15-43(13-11-41)26-35(50)51;;/h4-7,21,27H,1-3,8-20,23-26H2,(H,39,52)(H,48,49)(H,50,51);;1H/q;+3;/p-3/t27-;;/m0../s1/i;;1-1. The van der Waals surface area contributed by atoms with Crippen LogP contribution in [0.3, 0.4) is 0 Å². The normalized spacial score (nSPS) is 19.0. The molecule has 1 aromatic carbocycles. The van der Waals surface area contributed by atoms with Crippen molar-refractivity contribution in [3.8, 4) is 11.8 Å². The summed E-state index contributed by atoms with van der Waals surface area (Å²) in [6.45, 7) is 6.31. The number of likely N-dealkylation sites (tertiary alicyclic amines) is 1. The van der Waals surface area contributed by atoms with E-state index in [1.165, 1.54) is 4.90 Å². The molecule has 0 radical (unpaired) electrons. The van der Waals surface area contributed by atoms with Gasteiger partial charge in [0, 0.05) is 103 Å². The number of carbonyl (C=O) groups is 5. The van der Waals surface area contributed by atoms with Crippen molar-refractivity contribution in [1.29, 1.82) is 5.26 Å². The summed E-state index contributed by atoms with van der Waals surface area (Å²) < 4.78 is 15.4. The summed E-state index contributed by atoms with van der Waals surface area (Å²) in [6.07, 6.45) is 3.70. The number of carboxylic acids is 2. The van der Waals surface area contributed by atoms with Crippen LogP contribution in [0, 0.1) is 11.3 Å². The van der Waals surface area contributed by atoms with Gasteiger partial charge in [0.05, 0.1) is 48.8 Å². The Balaban J connectivity index is 0.00000331. The molecule has 5 rings (SSSR count). The van der Waals surface area contributed by atoms with Gasteiger partial charge in [0.25, 0.3) is 5.91 Å². The van der Waals surface area contributed by atoms with Gasteiger partial charge in [-0.15, -0.1) is 0 Å². The van der Waals surface area contributed by atoms with Crippen molar-refractivity contribution in [3.63, 3.8) is 0 Å². The van der Waals surface area contributed by atoms with Gasteiger partial charge in [-0.25, -0.2) is 0 Å². The van der Waals surface area contributed by atoms with Crippen molar-refractivity contribution >= 4 is 57.3 Å². The van der Waals surface area contributed by atoms with Crippen molar-refractivity contribution < 1.29 is 42.4 Å². The Labute approximate surface area is 328 Å². The number of aliphatic carboxylic acids is 2. The number of rotatable bonds is 14. The van der Waals surface area contributed by atoms with E-state index in [0.29, 0.717) is 107 Å². The average molecular weight is 779 g/mol. The Morgan fingerprint density at radius 3 is 2.04 bits per heavy atom. The molecule has 19 heteroatoms. The number of hydrogen-bond donors (Lipinski definition) is 1. The number of nitriles is 1. The zero-order chi connectivity index (χ0) is 39.7. The van der Waals surface area contributed by atoms with Gasteiger partial charge in [0.15, 0.2) is 0 Å². The molecular formula is C36H47AlFN9O8. The minimum atomic E-state index is -1.20. The molecule has 0 spiro atoms. The maximum atomic E-state index is 13.2. The van der Waals surface area contributed by atoms with Crippen LogP contribution in [0.1, 0.15) is 29.6 Å². The molecule has 3 saturated heterocycles. The summed E-state index contributed by atoms with van der Waals surface area (Å²) in [7, 11) is 0. The number of benzene rings is 1. The molecule has 1 N–H and O–H groups in total. The molecule has 55 heavy (non-hydrogen) atoms. The number of fused-ring (bicyclic) bond motifs is 1. The average Bonchev–Trinajstić information content (AvgIpc) is 3.70. The van der Waals surface area contributed by atoms with E-state index in [1.54, 1.807) is 40.3 Å². The first kappa shape index (κ1) is 43.3. The first-order chi connectivity index (χ1) is 26.6. The van der Waals surface area contributed by atoms with E-state index in [1.807, 2.05) is 9.80 Å². The number of piperazine rings is 1. The molecule has 294 valence electrons. The number of amides is 3. The molecule has 0 aliphatic carbocycles. The molecule has 3 aliphatic rings. The fourth-order valence-electron chi connectivity index (χ4n) is 6.98. The zero-order valence-electron chi connectivity index (χ0n) is 30.9. The SMILES string of the molecule is N#C[C@@H]1CCCN1C(=O)CNC(=O)c1ccnc2ccc(OCCCN3CCN(C(=O)CN4CCN(CC(=O)[O-])CCN(CC(=O)[O-])CC4)CC3)cc12.[18F][Al+2]. The first-order valence-electron chi connectivity index (χ1n) is 18.4. The quantitative estimate of drug-likeness (QED) is 0.149. The number of nitrogens with one attached hydrogen (secondary N) is 1. The van der Waals surface area contributed by atoms with Crippen molar-refractivity contribution in [3.05, 3.63) is 36.0 Å². The number of hydrogen-bond acceptors (Lipinski definition) is 14. The van der Waals surface area contributed by atoms with Gasteiger partial charge in [0.2, 0.25) is 11.8 Å². The van der Waals surface area contributed by atoms with Crippen molar-refractivity contribution in [2.24, 2.45) is 0 Å². The van der Waals surface area contributed by atoms with Gasteiger partial charge in [-0.3, -0.25) is 39.0 Å². The molecule has 3 aliphatic heterocycles. The number of aromatic nitrogens is 1. The van der Waals surface area contributed by atoms with Crippen LogP contribution >= 0.6 is 0 Å². The predicted octanol–water partition coefficient (Wildman–Crippen LogP) is -3.15. The molecule has 1 aromatic heterocycles. The summed E-state index contributed by atoms with van der Waals surface area (Å²) in [5, 5.41) is 35.0. The van der Waals surface area contributed by atoms with Gasteiger partial charge in [-0.05, 0) is 43.5 Å². The number of carboxylic acid groups (broad SMARTS) is 2. The summed E-state index contributed by atoms with van der Waals surface area (Å²) >= 11 is 0.917. The fraction of sp³-hybridized carbons (Fsp3) is 0.583. The molecule has 0 bridgehead atoms. The van der Waals surface area contributed by atoms with Crippen LogP contribution in [0.4, 0.5) is 3.52 Å². The molecule has 3 amide bonds. The second-order valence-electron chi connectivity index (χ2n) is 13.6. The molecule has 0 unspecified atom stereocenters. The number of halogens is 1. The van der Waals surface area contributed by atoms with Crippen LogP contribution in [-0.2, 0) is 19.2 Å². The molecule has 1 atom stereocenters. The third kappa shape index (κ3) is 13.4. The second-order valence-corrected chi connectivity index (χ2v) is 13.6. The molecular weight excluding hydrogens is 731 g/mol. The van der Waals surface area contributed by atoms with Crippen molar-refractivity contribution in [1.82, 2.24) is 39.7 Å². The molecule has 4 heterocycles. The van der Waals surface area contributed by atoms with Crippen molar-refractivity contribution in [2.45, 2.75) is 25.3 Å². The summed E-state index contributed by atoms with van der Waals surface area (Å²) in [4.78, 5) is 76.7. The van der Waals surface area contributed by atoms with Crippen LogP contribution in [0.2, 0.25) is 0 Å². The van der Waals surface area contributed by atoms with Crippen LogP contribution in [0.25, 0.3) is 10.9 Å². The second kappa shape index (κ2) is 22.2. The van der Waals surface area contributed by atoms with Crippen LogP contribution < -0.4 is 20.3 Å². The van der Waals surface area contributed by atoms with Gasteiger partial charge in [-0.1, -0.05) is 0 Å². The van der Waals surface area contributed by atoms with E-state index in [-0.39, 0.29) is 38.0 Å². The Morgan fingerprint density at radius 2 is 1.44 bits per heavy atom. The molecule has 3 fully saturated rings. The van der Waals surface area contributed by atoms with Gasteiger partial charge in [0.1, 0.15) is 11.8 Å². The van der Waals surface area contributed by atoms with Gasteiger partial charge < -0.3 is 39.7 Å². The Kier molecular flexibility index (Phi) is 17.5. The number of ether oxygens (including phenoxy) is 1. The van der Waals surface area contributed by atoms with E-state index in [9.17, 15) is 43.0 Å². The number of carbonyl (C=O) groups excluding carboxylic acids is 5. The molecule has 17 nitrogen and oxygen atoms in total. The third-order valence-electron chi connectivity index (χ3n) is 9.95.